The molecule has 0 saturated heterocycles. The molecule has 0 aliphatic heterocycles. The Labute approximate surface area is 119 Å². The predicted molar refractivity (Wildman–Crippen MR) is 78.7 cm³/mol. The number of hydrogen-bond donors (Lipinski definition) is 0. The van der Waals surface area contributed by atoms with Crippen LogP contribution in [0.2, 0.25) is 0 Å². The van der Waals surface area contributed by atoms with Crippen molar-refractivity contribution >= 4 is 5.78 Å². The fourth-order valence-corrected chi connectivity index (χ4v) is 3.18. The van der Waals surface area contributed by atoms with Gasteiger partial charge in [0.25, 0.3) is 0 Å². The summed E-state index contributed by atoms with van der Waals surface area (Å²) in [5, 5.41) is 0. The van der Waals surface area contributed by atoms with E-state index in [4.69, 9.17) is 4.74 Å². The van der Waals surface area contributed by atoms with Crippen LogP contribution >= 0.6 is 0 Å². The van der Waals surface area contributed by atoms with E-state index in [1.54, 1.807) is 0 Å². The first-order valence-electron chi connectivity index (χ1n) is 7.06. The van der Waals surface area contributed by atoms with Gasteiger partial charge in [0, 0.05) is 13.0 Å². The molecule has 20 heavy (non-hydrogen) atoms. The molecule has 0 spiro atoms. The largest absolute Gasteiger partial charge is 0.376 e. The van der Waals surface area contributed by atoms with Gasteiger partial charge in [-0.25, -0.2) is 0 Å². The van der Waals surface area contributed by atoms with Crippen molar-refractivity contribution < 1.29 is 9.53 Å². The van der Waals surface area contributed by atoms with E-state index in [1.807, 2.05) is 67.6 Å². The van der Waals surface area contributed by atoms with E-state index in [0.29, 0.717) is 13.0 Å². The van der Waals surface area contributed by atoms with Gasteiger partial charge in [0.2, 0.25) is 0 Å². The number of carbonyl (C=O) groups is 1. The zero-order valence-corrected chi connectivity index (χ0v) is 11.6. The molecule has 0 aromatic heterocycles. The molecule has 1 saturated carbocycles. The molecule has 1 aliphatic rings. The van der Waals surface area contributed by atoms with Gasteiger partial charge >= 0.3 is 0 Å². The minimum Gasteiger partial charge on any atom is -0.376 e. The molecule has 0 heterocycles. The highest BCUT2D eigenvalue weighted by Crippen LogP contribution is 2.47. The summed E-state index contributed by atoms with van der Waals surface area (Å²) in [6.45, 7) is 2.60. The standard InChI is InChI=1S/C18H18O2/c1-2-20-17-13-16(19)18(17,14-9-5-3-6-10-14)15-11-7-4-8-12-15/h3-12,17H,2,13H2,1H3. The van der Waals surface area contributed by atoms with Crippen molar-refractivity contribution in [2.75, 3.05) is 6.61 Å². The lowest BCUT2D eigenvalue weighted by Crippen LogP contribution is -2.59. The summed E-state index contributed by atoms with van der Waals surface area (Å²) in [7, 11) is 0. The summed E-state index contributed by atoms with van der Waals surface area (Å²) in [6.07, 6.45) is 0.433. The number of rotatable bonds is 4. The molecule has 0 amide bonds. The molecule has 1 aliphatic carbocycles. The number of benzene rings is 2. The van der Waals surface area contributed by atoms with Crippen molar-refractivity contribution in [2.45, 2.75) is 24.9 Å². The van der Waals surface area contributed by atoms with E-state index in [2.05, 4.69) is 0 Å². The van der Waals surface area contributed by atoms with E-state index in [9.17, 15) is 4.79 Å². The maximum atomic E-state index is 12.6. The van der Waals surface area contributed by atoms with E-state index < -0.39 is 5.41 Å². The highest BCUT2D eigenvalue weighted by atomic mass is 16.5. The number of ether oxygens (including phenoxy) is 1. The Kier molecular flexibility index (Phi) is 3.41. The third-order valence-corrected chi connectivity index (χ3v) is 4.12. The molecular weight excluding hydrogens is 248 g/mol. The van der Waals surface area contributed by atoms with Gasteiger partial charge in [0.05, 0.1) is 6.10 Å². The van der Waals surface area contributed by atoms with Crippen LogP contribution in [0.4, 0.5) is 0 Å². The Morgan fingerprint density at radius 1 is 1.00 bits per heavy atom. The maximum absolute atomic E-state index is 12.6. The van der Waals surface area contributed by atoms with Gasteiger partial charge in [-0.2, -0.15) is 0 Å². The van der Waals surface area contributed by atoms with Gasteiger partial charge in [-0.05, 0) is 18.1 Å². The monoisotopic (exact) mass is 266 g/mol. The topological polar surface area (TPSA) is 26.3 Å². The molecule has 0 bridgehead atoms. The Balaban J connectivity index is 2.16. The first kappa shape index (κ1) is 13.1. The molecule has 3 rings (SSSR count). The number of ketones is 1. The van der Waals surface area contributed by atoms with Crippen LogP contribution in [-0.4, -0.2) is 18.5 Å². The van der Waals surface area contributed by atoms with E-state index in [1.165, 1.54) is 0 Å². The Bertz CT molecular complexity index is 550. The lowest BCUT2D eigenvalue weighted by Gasteiger charge is -2.48. The second-order valence-corrected chi connectivity index (χ2v) is 5.11. The van der Waals surface area contributed by atoms with Crippen molar-refractivity contribution in [3.63, 3.8) is 0 Å². The van der Waals surface area contributed by atoms with Crippen LogP contribution in [0.1, 0.15) is 24.5 Å². The molecule has 2 heteroatoms. The molecule has 2 aromatic rings. The number of hydrogen-bond acceptors (Lipinski definition) is 2. The van der Waals surface area contributed by atoms with Crippen LogP contribution in [0.25, 0.3) is 0 Å². The lowest BCUT2D eigenvalue weighted by molar-refractivity contribution is -0.145. The average molecular weight is 266 g/mol. The molecule has 1 unspecified atom stereocenters. The van der Waals surface area contributed by atoms with Crippen molar-refractivity contribution in [3.05, 3.63) is 71.8 Å². The van der Waals surface area contributed by atoms with Crippen LogP contribution in [0.3, 0.4) is 0 Å². The van der Waals surface area contributed by atoms with Crippen molar-refractivity contribution in [3.8, 4) is 0 Å². The Morgan fingerprint density at radius 3 is 1.90 bits per heavy atom. The van der Waals surface area contributed by atoms with Crippen molar-refractivity contribution in [2.24, 2.45) is 0 Å². The Morgan fingerprint density at radius 2 is 1.50 bits per heavy atom. The summed E-state index contributed by atoms with van der Waals surface area (Å²) in [5.74, 6) is 0.244. The molecule has 0 radical (unpaired) electrons. The summed E-state index contributed by atoms with van der Waals surface area (Å²) in [6, 6.07) is 20.0. The fourth-order valence-electron chi connectivity index (χ4n) is 3.18. The van der Waals surface area contributed by atoms with Gasteiger partial charge in [0.15, 0.2) is 5.78 Å². The number of carbonyl (C=O) groups excluding carboxylic acids is 1. The normalized spacial score (nSPS) is 20.4. The van der Waals surface area contributed by atoms with Gasteiger partial charge < -0.3 is 4.74 Å². The van der Waals surface area contributed by atoms with E-state index in [-0.39, 0.29) is 11.9 Å². The minimum absolute atomic E-state index is 0.0650. The van der Waals surface area contributed by atoms with Crippen LogP contribution in [0.5, 0.6) is 0 Å². The quantitative estimate of drug-likeness (QED) is 0.848. The van der Waals surface area contributed by atoms with Crippen LogP contribution in [-0.2, 0) is 14.9 Å². The van der Waals surface area contributed by atoms with Gasteiger partial charge in [-0.3, -0.25) is 4.79 Å². The highest BCUT2D eigenvalue weighted by molar-refractivity contribution is 6.01. The Hall–Kier alpha value is -1.93. The fraction of sp³-hybridized carbons (Fsp3) is 0.278. The molecule has 2 aromatic carbocycles. The average Bonchev–Trinajstić information content (AvgIpc) is 2.49. The SMILES string of the molecule is CCOC1CC(=O)C1(c1ccccc1)c1ccccc1. The van der Waals surface area contributed by atoms with E-state index in [0.717, 1.165) is 11.1 Å². The third-order valence-electron chi connectivity index (χ3n) is 4.12. The van der Waals surface area contributed by atoms with Crippen molar-refractivity contribution in [1.29, 1.82) is 0 Å². The zero-order chi connectivity index (χ0) is 14.0. The summed E-state index contributed by atoms with van der Waals surface area (Å²) >= 11 is 0. The smallest absolute Gasteiger partial charge is 0.153 e. The zero-order valence-electron chi connectivity index (χ0n) is 11.6. The van der Waals surface area contributed by atoms with Gasteiger partial charge in [-0.1, -0.05) is 60.7 Å². The lowest BCUT2D eigenvalue weighted by atomic mass is 9.57. The van der Waals surface area contributed by atoms with Crippen molar-refractivity contribution in [1.82, 2.24) is 0 Å². The molecule has 1 atom stereocenters. The molecule has 1 fully saturated rings. The summed E-state index contributed by atoms with van der Waals surface area (Å²) < 4.78 is 5.85. The molecule has 0 N–H and O–H groups in total. The number of Topliss-reactive ketones (excluding diaryl/α,β-unsaturated/α-hetero) is 1. The second-order valence-electron chi connectivity index (χ2n) is 5.11. The molecule has 102 valence electrons. The van der Waals surface area contributed by atoms with Crippen LogP contribution < -0.4 is 0 Å². The molecule has 2 nitrogen and oxygen atoms in total. The van der Waals surface area contributed by atoms with Crippen LogP contribution in [0.15, 0.2) is 60.7 Å². The summed E-state index contributed by atoms with van der Waals surface area (Å²) in [4.78, 5) is 12.6. The first-order valence-corrected chi connectivity index (χ1v) is 7.06. The third kappa shape index (κ3) is 1.80. The maximum Gasteiger partial charge on any atom is 0.153 e. The highest BCUT2D eigenvalue weighted by Gasteiger charge is 2.57. The first-order chi connectivity index (χ1) is 9.80. The second kappa shape index (κ2) is 5.22. The van der Waals surface area contributed by atoms with Crippen LogP contribution in [0, 0.1) is 0 Å². The predicted octanol–water partition coefficient (Wildman–Crippen LogP) is 3.35. The molecular formula is C18H18O2. The summed E-state index contributed by atoms with van der Waals surface area (Å²) in [5.41, 5.74) is 1.43. The van der Waals surface area contributed by atoms with Gasteiger partial charge in [-0.15, -0.1) is 0 Å². The van der Waals surface area contributed by atoms with Gasteiger partial charge in [0.1, 0.15) is 5.41 Å². The van der Waals surface area contributed by atoms with E-state index >= 15 is 0 Å². The minimum atomic E-state index is -0.626.